The van der Waals surface area contributed by atoms with Gasteiger partial charge in [0.15, 0.2) is 11.8 Å². The number of carbonyl (C=O) groups excluding carboxylic acids is 1. The number of para-hydroxylation sites is 1. The fraction of sp³-hybridized carbons (Fsp3) is 0.167. The molecule has 1 amide bonds. The lowest BCUT2D eigenvalue weighted by Gasteiger charge is -2.05. The van der Waals surface area contributed by atoms with E-state index in [9.17, 15) is 15.0 Å². The molecule has 0 aliphatic rings. The van der Waals surface area contributed by atoms with Crippen molar-refractivity contribution in [1.29, 1.82) is 0 Å². The number of benzene rings is 2. The first kappa shape index (κ1) is 15.9. The van der Waals surface area contributed by atoms with E-state index in [2.05, 4.69) is 10.2 Å². The Labute approximate surface area is 138 Å². The molecule has 2 N–H and O–H groups in total. The predicted octanol–water partition coefficient (Wildman–Crippen LogP) is 3.71. The lowest BCUT2D eigenvalue weighted by atomic mass is 10.1. The number of carbonyl (C=O) groups is 1. The molecule has 1 unspecified atom stereocenters. The number of fused-ring (bicyclic) bond motifs is 1. The summed E-state index contributed by atoms with van der Waals surface area (Å²) < 4.78 is 1.68. The predicted molar refractivity (Wildman–Crippen MR) is 90.2 cm³/mol. The van der Waals surface area contributed by atoms with Gasteiger partial charge in [-0.05, 0) is 18.6 Å². The van der Waals surface area contributed by atoms with Crippen molar-refractivity contribution in [3.63, 3.8) is 0 Å². The molecule has 2 aromatic carbocycles. The van der Waals surface area contributed by atoms with Crippen molar-refractivity contribution >= 4 is 22.5 Å². The molecule has 1 aromatic heterocycles. The van der Waals surface area contributed by atoms with Gasteiger partial charge in [0, 0.05) is 11.9 Å². The Balaban J connectivity index is 1.94. The van der Waals surface area contributed by atoms with Crippen LogP contribution >= 0.6 is 0 Å². The van der Waals surface area contributed by atoms with Crippen LogP contribution in [0.25, 0.3) is 10.9 Å². The maximum atomic E-state index is 12.0. The summed E-state index contributed by atoms with van der Waals surface area (Å²) in [6.07, 6.45) is -1.38. The summed E-state index contributed by atoms with van der Waals surface area (Å²) in [5, 5.41) is 28.5. The molecule has 1 atom stereocenters. The van der Waals surface area contributed by atoms with E-state index in [0.29, 0.717) is 17.5 Å². The molecule has 1 heterocycles. The van der Waals surface area contributed by atoms with E-state index >= 15 is 0 Å². The monoisotopic (exact) mass is 323 g/mol. The first-order chi connectivity index (χ1) is 11.6. The van der Waals surface area contributed by atoms with Crippen LogP contribution in [0.2, 0.25) is 0 Å². The number of nitrogens with zero attached hydrogens (tertiary/aromatic N) is 3. The SMILES string of the molecule is CCn1c(O)c(N=NC(=O)C(O)c2ccccc2)c2ccccc21. The molecule has 0 aliphatic heterocycles. The van der Waals surface area contributed by atoms with Gasteiger partial charge in [-0.15, -0.1) is 10.2 Å². The number of rotatable bonds is 4. The Morgan fingerprint density at radius 1 is 1.12 bits per heavy atom. The van der Waals surface area contributed by atoms with E-state index in [-0.39, 0.29) is 11.6 Å². The largest absolute Gasteiger partial charge is 0.493 e. The van der Waals surface area contributed by atoms with Crippen molar-refractivity contribution < 1.29 is 15.0 Å². The van der Waals surface area contributed by atoms with E-state index < -0.39 is 12.0 Å². The van der Waals surface area contributed by atoms with Gasteiger partial charge in [-0.25, -0.2) is 0 Å². The number of azo groups is 1. The van der Waals surface area contributed by atoms with E-state index in [1.54, 1.807) is 41.0 Å². The zero-order chi connectivity index (χ0) is 17.1. The average molecular weight is 323 g/mol. The maximum Gasteiger partial charge on any atom is 0.297 e. The molecule has 3 rings (SSSR count). The highest BCUT2D eigenvalue weighted by Gasteiger charge is 2.19. The van der Waals surface area contributed by atoms with E-state index in [0.717, 1.165) is 5.52 Å². The minimum atomic E-state index is -1.38. The average Bonchev–Trinajstić information content (AvgIpc) is 2.90. The van der Waals surface area contributed by atoms with Crippen molar-refractivity contribution in [2.45, 2.75) is 19.6 Å². The van der Waals surface area contributed by atoms with Gasteiger partial charge in [0.1, 0.15) is 0 Å². The minimum absolute atomic E-state index is 0.0514. The van der Waals surface area contributed by atoms with Gasteiger partial charge >= 0.3 is 0 Å². The maximum absolute atomic E-state index is 12.0. The lowest BCUT2D eigenvalue weighted by molar-refractivity contribution is -0.126. The van der Waals surface area contributed by atoms with Crippen LogP contribution in [-0.2, 0) is 11.3 Å². The fourth-order valence-corrected chi connectivity index (χ4v) is 2.62. The summed E-state index contributed by atoms with van der Waals surface area (Å²) in [5.74, 6) is -0.835. The third kappa shape index (κ3) is 2.79. The molecular formula is C18H17N3O3. The molecule has 6 nitrogen and oxygen atoms in total. The summed E-state index contributed by atoms with van der Waals surface area (Å²) in [4.78, 5) is 12.0. The Hall–Kier alpha value is -2.99. The number of aromatic nitrogens is 1. The zero-order valence-electron chi connectivity index (χ0n) is 13.1. The first-order valence-corrected chi connectivity index (χ1v) is 7.62. The van der Waals surface area contributed by atoms with Gasteiger partial charge in [0.25, 0.3) is 5.91 Å². The van der Waals surface area contributed by atoms with Gasteiger partial charge < -0.3 is 14.8 Å². The third-order valence-electron chi connectivity index (χ3n) is 3.83. The van der Waals surface area contributed by atoms with E-state index in [4.69, 9.17) is 0 Å². The van der Waals surface area contributed by atoms with Crippen molar-refractivity contribution in [3.05, 3.63) is 60.2 Å². The molecule has 122 valence electrons. The number of amides is 1. The van der Waals surface area contributed by atoms with Gasteiger partial charge in [0.05, 0.1) is 5.52 Å². The summed E-state index contributed by atoms with van der Waals surface area (Å²) in [6, 6.07) is 15.9. The van der Waals surface area contributed by atoms with Crippen LogP contribution in [0.5, 0.6) is 5.88 Å². The molecule has 3 aromatic rings. The summed E-state index contributed by atoms with van der Waals surface area (Å²) in [5.41, 5.74) is 1.48. The molecule has 0 spiro atoms. The second-order valence-corrected chi connectivity index (χ2v) is 5.29. The summed E-state index contributed by atoms with van der Waals surface area (Å²) >= 11 is 0. The molecular weight excluding hydrogens is 306 g/mol. The van der Waals surface area contributed by atoms with Crippen LogP contribution in [0.3, 0.4) is 0 Å². The summed E-state index contributed by atoms with van der Waals surface area (Å²) in [6.45, 7) is 2.46. The topological polar surface area (TPSA) is 87.2 Å². The molecule has 0 radical (unpaired) electrons. The van der Waals surface area contributed by atoms with Crippen LogP contribution < -0.4 is 0 Å². The van der Waals surface area contributed by atoms with Crippen molar-refractivity contribution in [3.8, 4) is 5.88 Å². The molecule has 0 saturated heterocycles. The highest BCUT2D eigenvalue weighted by Crippen LogP contribution is 2.38. The summed E-state index contributed by atoms with van der Waals surface area (Å²) in [7, 11) is 0. The van der Waals surface area contributed by atoms with Crippen LogP contribution in [0, 0.1) is 0 Å². The standard InChI is InChI=1S/C18H17N3O3/c1-2-21-14-11-7-6-10-13(14)15(18(21)24)19-20-17(23)16(22)12-8-4-3-5-9-12/h3-11,16,22,24H,2H2,1H3. The van der Waals surface area contributed by atoms with Gasteiger partial charge in [-0.3, -0.25) is 4.79 Å². The molecule has 24 heavy (non-hydrogen) atoms. The zero-order valence-corrected chi connectivity index (χ0v) is 13.1. The molecule has 6 heteroatoms. The van der Waals surface area contributed by atoms with Crippen molar-refractivity contribution in [1.82, 2.24) is 4.57 Å². The second-order valence-electron chi connectivity index (χ2n) is 5.29. The quantitative estimate of drug-likeness (QED) is 0.717. The van der Waals surface area contributed by atoms with Crippen molar-refractivity contribution in [2.75, 3.05) is 0 Å². The highest BCUT2D eigenvalue weighted by atomic mass is 16.3. The van der Waals surface area contributed by atoms with Crippen LogP contribution in [-0.4, -0.2) is 20.7 Å². The number of aromatic hydroxyl groups is 1. The first-order valence-electron chi connectivity index (χ1n) is 7.62. The van der Waals surface area contributed by atoms with Crippen molar-refractivity contribution in [2.24, 2.45) is 10.2 Å². The number of aliphatic hydroxyl groups is 1. The lowest BCUT2D eigenvalue weighted by Crippen LogP contribution is -2.08. The molecule has 0 saturated carbocycles. The Bertz CT molecular complexity index is 901. The molecule has 0 fully saturated rings. The van der Waals surface area contributed by atoms with E-state index in [1.165, 1.54) is 0 Å². The minimum Gasteiger partial charge on any atom is -0.493 e. The van der Waals surface area contributed by atoms with Crippen LogP contribution in [0.1, 0.15) is 18.6 Å². The second kappa shape index (κ2) is 6.64. The Morgan fingerprint density at radius 3 is 2.50 bits per heavy atom. The van der Waals surface area contributed by atoms with Crippen LogP contribution in [0.15, 0.2) is 64.8 Å². The van der Waals surface area contributed by atoms with E-state index in [1.807, 2.05) is 25.1 Å². The van der Waals surface area contributed by atoms with Gasteiger partial charge in [-0.2, -0.15) is 0 Å². The molecule has 0 aliphatic carbocycles. The number of hydrogen-bond donors (Lipinski definition) is 2. The Kier molecular flexibility index (Phi) is 4.39. The number of hydrogen-bond acceptors (Lipinski definition) is 4. The number of aliphatic hydroxyl groups excluding tert-OH is 1. The fourth-order valence-electron chi connectivity index (χ4n) is 2.62. The molecule has 0 bridgehead atoms. The normalized spacial score (nSPS) is 12.8. The smallest absolute Gasteiger partial charge is 0.297 e. The Morgan fingerprint density at radius 2 is 1.79 bits per heavy atom. The van der Waals surface area contributed by atoms with Gasteiger partial charge in [-0.1, -0.05) is 48.5 Å². The highest BCUT2D eigenvalue weighted by molar-refractivity contribution is 5.95. The number of aryl methyl sites for hydroxylation is 1. The van der Waals surface area contributed by atoms with Gasteiger partial charge in [0.2, 0.25) is 5.88 Å². The van der Waals surface area contributed by atoms with Crippen LogP contribution in [0.4, 0.5) is 5.69 Å². The third-order valence-corrected chi connectivity index (χ3v) is 3.83.